The van der Waals surface area contributed by atoms with E-state index in [1.807, 2.05) is 30.3 Å². The normalized spacial score (nSPS) is 10.9. The first-order valence-corrected chi connectivity index (χ1v) is 5.56. The predicted molar refractivity (Wildman–Crippen MR) is 66.6 cm³/mol. The van der Waals surface area contributed by atoms with Gasteiger partial charge in [0.1, 0.15) is 17.2 Å². The van der Waals surface area contributed by atoms with Gasteiger partial charge >= 0.3 is 0 Å². The Kier molecular flexibility index (Phi) is 2.37. The van der Waals surface area contributed by atoms with Gasteiger partial charge in [-0.1, -0.05) is 29.8 Å². The summed E-state index contributed by atoms with van der Waals surface area (Å²) in [4.78, 5) is 0. The fraction of sp³-hybridized carbons (Fsp3) is 0. The summed E-state index contributed by atoms with van der Waals surface area (Å²) in [6.45, 7) is 0. The number of fused-ring (bicyclic) bond motifs is 1. The van der Waals surface area contributed by atoms with Crippen molar-refractivity contribution < 1.29 is 8.81 Å². The molecule has 0 unspecified atom stereocenters. The van der Waals surface area contributed by atoms with Crippen LogP contribution in [0.3, 0.4) is 0 Å². The molecule has 1 heterocycles. The van der Waals surface area contributed by atoms with Crippen LogP contribution in [0.1, 0.15) is 0 Å². The smallest absolute Gasteiger partial charge is 0.136 e. The minimum atomic E-state index is -0.352. The molecule has 0 saturated heterocycles. The molecule has 3 aromatic rings. The van der Waals surface area contributed by atoms with E-state index in [9.17, 15) is 4.39 Å². The van der Waals surface area contributed by atoms with Crippen LogP contribution < -0.4 is 0 Å². The van der Waals surface area contributed by atoms with Gasteiger partial charge in [-0.3, -0.25) is 0 Å². The van der Waals surface area contributed by atoms with Gasteiger partial charge in [-0.25, -0.2) is 4.39 Å². The maximum absolute atomic E-state index is 13.0. The van der Waals surface area contributed by atoms with Gasteiger partial charge < -0.3 is 4.42 Å². The average molecular weight is 247 g/mol. The molecule has 1 aromatic heterocycles. The maximum atomic E-state index is 13.0. The third kappa shape index (κ3) is 1.81. The first-order valence-electron chi connectivity index (χ1n) is 5.18. The van der Waals surface area contributed by atoms with Crippen molar-refractivity contribution in [3.05, 3.63) is 59.4 Å². The first kappa shape index (κ1) is 10.4. The third-order valence-electron chi connectivity index (χ3n) is 2.62. The lowest BCUT2D eigenvalue weighted by Gasteiger charge is -1.99. The number of halogens is 2. The zero-order valence-electron chi connectivity index (χ0n) is 8.78. The van der Waals surface area contributed by atoms with Crippen LogP contribution in [0.2, 0.25) is 5.02 Å². The number of hydrogen-bond donors (Lipinski definition) is 0. The molecule has 0 N–H and O–H groups in total. The molecular weight excluding hydrogens is 239 g/mol. The summed E-state index contributed by atoms with van der Waals surface area (Å²) in [6.07, 6.45) is 0. The molecule has 3 rings (SSSR count). The maximum Gasteiger partial charge on any atom is 0.136 e. The van der Waals surface area contributed by atoms with Gasteiger partial charge in [0.05, 0.1) is 5.02 Å². The second kappa shape index (κ2) is 3.90. The summed E-state index contributed by atoms with van der Waals surface area (Å²) in [7, 11) is 0. The summed E-state index contributed by atoms with van der Waals surface area (Å²) >= 11 is 5.99. The first-order chi connectivity index (χ1) is 8.24. The lowest BCUT2D eigenvalue weighted by Crippen LogP contribution is -1.78. The average Bonchev–Trinajstić information content (AvgIpc) is 2.72. The van der Waals surface area contributed by atoms with Gasteiger partial charge in [-0.15, -0.1) is 0 Å². The van der Waals surface area contributed by atoms with E-state index >= 15 is 0 Å². The predicted octanol–water partition coefficient (Wildman–Crippen LogP) is 4.89. The Bertz CT molecular complexity index is 655. The summed E-state index contributed by atoms with van der Waals surface area (Å²) in [5, 5.41) is 1.35. The molecule has 0 saturated carbocycles. The van der Waals surface area contributed by atoms with Crippen LogP contribution in [0.4, 0.5) is 4.39 Å². The molecular formula is C14H8ClFO. The molecule has 3 heteroatoms. The molecule has 0 amide bonds. The number of rotatable bonds is 1. The fourth-order valence-electron chi connectivity index (χ4n) is 1.80. The highest BCUT2D eigenvalue weighted by atomic mass is 35.5. The van der Waals surface area contributed by atoms with Gasteiger partial charge in [-0.05, 0) is 30.3 Å². The monoisotopic (exact) mass is 246 g/mol. The Balaban J connectivity index is 2.20. The van der Waals surface area contributed by atoms with Crippen LogP contribution >= 0.6 is 11.6 Å². The molecule has 0 aliphatic carbocycles. The van der Waals surface area contributed by atoms with Crippen LogP contribution in [0.15, 0.2) is 52.9 Å². The van der Waals surface area contributed by atoms with Crippen LogP contribution in [0.5, 0.6) is 0 Å². The minimum absolute atomic E-state index is 0.351. The molecule has 2 aromatic carbocycles. The van der Waals surface area contributed by atoms with Gasteiger partial charge in [0.25, 0.3) is 0 Å². The Morgan fingerprint density at radius 3 is 2.59 bits per heavy atom. The summed E-state index contributed by atoms with van der Waals surface area (Å²) in [6, 6.07) is 13.9. The van der Waals surface area contributed by atoms with Crippen molar-refractivity contribution in [1.29, 1.82) is 0 Å². The Labute approximate surface area is 102 Å². The van der Waals surface area contributed by atoms with Crippen molar-refractivity contribution in [2.45, 2.75) is 0 Å². The number of benzene rings is 2. The third-order valence-corrected chi connectivity index (χ3v) is 2.93. The Morgan fingerprint density at radius 2 is 1.82 bits per heavy atom. The molecule has 0 fully saturated rings. The van der Waals surface area contributed by atoms with E-state index in [-0.39, 0.29) is 5.82 Å². The van der Waals surface area contributed by atoms with E-state index in [1.165, 1.54) is 12.1 Å². The Hall–Kier alpha value is -1.80. The molecule has 0 aliphatic rings. The quantitative estimate of drug-likeness (QED) is 0.596. The molecule has 1 nitrogen and oxygen atoms in total. The van der Waals surface area contributed by atoms with Crippen molar-refractivity contribution in [3.8, 4) is 11.3 Å². The molecule has 0 bridgehead atoms. The van der Waals surface area contributed by atoms with Crippen LogP contribution in [0, 0.1) is 5.82 Å². The van der Waals surface area contributed by atoms with Crippen LogP contribution in [0.25, 0.3) is 22.3 Å². The molecule has 17 heavy (non-hydrogen) atoms. The highest BCUT2D eigenvalue weighted by molar-refractivity contribution is 6.33. The summed E-state index contributed by atoms with van der Waals surface area (Å²) in [5.74, 6) is 0.297. The molecule has 0 spiro atoms. The van der Waals surface area contributed by atoms with E-state index in [4.69, 9.17) is 16.0 Å². The van der Waals surface area contributed by atoms with Crippen LogP contribution in [-0.2, 0) is 0 Å². The van der Waals surface area contributed by atoms with E-state index in [0.717, 1.165) is 11.0 Å². The lowest BCUT2D eigenvalue weighted by atomic mass is 10.1. The largest absolute Gasteiger partial charge is 0.456 e. The second-order valence-corrected chi connectivity index (χ2v) is 4.18. The zero-order chi connectivity index (χ0) is 11.8. The topological polar surface area (TPSA) is 13.1 Å². The van der Waals surface area contributed by atoms with E-state index in [2.05, 4.69) is 0 Å². The van der Waals surface area contributed by atoms with Gasteiger partial charge in [0.15, 0.2) is 0 Å². The van der Waals surface area contributed by atoms with Gasteiger partial charge in [-0.2, -0.15) is 0 Å². The summed E-state index contributed by atoms with van der Waals surface area (Å²) < 4.78 is 18.6. The molecule has 0 atom stereocenters. The summed E-state index contributed by atoms with van der Waals surface area (Å²) in [5.41, 5.74) is 1.49. The van der Waals surface area contributed by atoms with Gasteiger partial charge in [0, 0.05) is 10.9 Å². The lowest BCUT2D eigenvalue weighted by molar-refractivity contribution is 0.623. The van der Waals surface area contributed by atoms with E-state index in [1.54, 1.807) is 6.07 Å². The SMILES string of the molecule is Fc1ccc(-c2cc3ccccc3o2)c(Cl)c1. The van der Waals surface area contributed by atoms with Crippen molar-refractivity contribution in [2.75, 3.05) is 0 Å². The van der Waals surface area contributed by atoms with Crippen molar-refractivity contribution in [3.63, 3.8) is 0 Å². The van der Waals surface area contributed by atoms with E-state index in [0.29, 0.717) is 16.3 Å². The zero-order valence-corrected chi connectivity index (χ0v) is 9.54. The molecule has 0 aliphatic heterocycles. The Morgan fingerprint density at radius 1 is 1.00 bits per heavy atom. The van der Waals surface area contributed by atoms with Crippen LogP contribution in [-0.4, -0.2) is 0 Å². The second-order valence-electron chi connectivity index (χ2n) is 3.77. The van der Waals surface area contributed by atoms with Crippen molar-refractivity contribution >= 4 is 22.6 Å². The van der Waals surface area contributed by atoms with Crippen molar-refractivity contribution in [1.82, 2.24) is 0 Å². The highest BCUT2D eigenvalue weighted by Gasteiger charge is 2.09. The fourth-order valence-corrected chi connectivity index (χ4v) is 2.06. The van der Waals surface area contributed by atoms with Gasteiger partial charge in [0.2, 0.25) is 0 Å². The molecule has 0 radical (unpaired) electrons. The van der Waals surface area contributed by atoms with E-state index < -0.39 is 0 Å². The number of hydrogen-bond acceptors (Lipinski definition) is 1. The molecule has 84 valence electrons. The number of para-hydroxylation sites is 1. The minimum Gasteiger partial charge on any atom is -0.456 e. The highest BCUT2D eigenvalue weighted by Crippen LogP contribution is 2.32. The van der Waals surface area contributed by atoms with Crippen molar-refractivity contribution in [2.24, 2.45) is 0 Å². The standard InChI is InChI=1S/C14H8ClFO/c15-12-8-10(16)5-6-11(12)14-7-9-3-1-2-4-13(9)17-14/h1-8H. The number of furan rings is 1.